The average Bonchev–Trinajstić information content (AvgIpc) is 3.04. The fourth-order valence-electron chi connectivity index (χ4n) is 2.24. The molecule has 5 heteroatoms. The van der Waals surface area contributed by atoms with Crippen LogP contribution < -0.4 is 9.47 Å². The molecule has 1 aromatic carbocycles. The highest BCUT2D eigenvalue weighted by Gasteiger charge is 2.24. The maximum absolute atomic E-state index is 10.5. The zero-order chi connectivity index (χ0) is 13.4. The third kappa shape index (κ3) is 2.38. The summed E-state index contributed by atoms with van der Waals surface area (Å²) >= 11 is 4.97. The second-order valence-corrected chi connectivity index (χ2v) is 6.23. The monoisotopic (exact) mass is 340 g/mol. The molecule has 3 nitrogen and oxygen atoms in total. The van der Waals surface area contributed by atoms with Gasteiger partial charge < -0.3 is 14.6 Å². The number of rotatable bonds is 3. The zero-order valence-electron chi connectivity index (χ0n) is 10.4. The zero-order valence-corrected chi connectivity index (χ0v) is 12.8. The molecule has 0 bridgehead atoms. The van der Waals surface area contributed by atoms with Gasteiger partial charge in [-0.15, -0.1) is 11.3 Å². The number of thiophene rings is 1. The third-order valence-electron chi connectivity index (χ3n) is 3.17. The lowest BCUT2D eigenvalue weighted by atomic mass is 10.0. The van der Waals surface area contributed by atoms with E-state index in [4.69, 9.17) is 9.47 Å². The van der Waals surface area contributed by atoms with Crippen molar-refractivity contribution >= 4 is 27.3 Å². The molecular formula is C14H13BrO3S. The fourth-order valence-corrected chi connectivity index (χ4v) is 3.62. The number of aliphatic hydroxyl groups excluding tert-OH is 1. The van der Waals surface area contributed by atoms with Crippen LogP contribution in [0.2, 0.25) is 0 Å². The Morgan fingerprint density at radius 1 is 1.42 bits per heavy atom. The summed E-state index contributed by atoms with van der Waals surface area (Å²) < 4.78 is 11.8. The van der Waals surface area contributed by atoms with Crippen LogP contribution in [0.1, 0.15) is 22.1 Å². The van der Waals surface area contributed by atoms with Crippen molar-refractivity contribution in [2.45, 2.75) is 12.5 Å². The molecule has 2 aromatic rings. The number of ether oxygens (including phenoxy) is 2. The molecule has 1 aromatic heterocycles. The molecule has 0 fully saturated rings. The molecule has 1 unspecified atom stereocenters. The number of aliphatic hydroxyl groups is 1. The first-order valence-electron chi connectivity index (χ1n) is 5.94. The highest BCUT2D eigenvalue weighted by Crippen LogP contribution is 2.40. The van der Waals surface area contributed by atoms with Gasteiger partial charge in [-0.05, 0) is 23.8 Å². The molecule has 0 saturated heterocycles. The third-order valence-corrected chi connectivity index (χ3v) is 4.59. The molecule has 0 aliphatic carbocycles. The van der Waals surface area contributed by atoms with Crippen LogP contribution in [0.5, 0.6) is 11.5 Å². The second kappa shape index (κ2) is 5.15. The molecule has 0 spiro atoms. The molecule has 3 rings (SSSR count). The van der Waals surface area contributed by atoms with Crippen molar-refractivity contribution in [2.24, 2.45) is 0 Å². The molecule has 2 heterocycles. The van der Waals surface area contributed by atoms with Crippen LogP contribution in [0.25, 0.3) is 0 Å². The normalized spacial score (nSPS) is 14.9. The molecule has 0 radical (unpaired) electrons. The minimum absolute atomic E-state index is 0.680. The van der Waals surface area contributed by atoms with E-state index in [9.17, 15) is 5.11 Å². The highest BCUT2D eigenvalue weighted by atomic mass is 79.9. The van der Waals surface area contributed by atoms with E-state index in [1.54, 1.807) is 7.11 Å². The van der Waals surface area contributed by atoms with Gasteiger partial charge in [0.15, 0.2) is 0 Å². The molecule has 19 heavy (non-hydrogen) atoms. The van der Waals surface area contributed by atoms with Crippen LogP contribution in [-0.4, -0.2) is 18.8 Å². The number of halogens is 1. The summed E-state index contributed by atoms with van der Waals surface area (Å²) in [6.07, 6.45) is 0.209. The molecule has 0 saturated carbocycles. The topological polar surface area (TPSA) is 38.7 Å². The summed E-state index contributed by atoms with van der Waals surface area (Å²) in [5.74, 6) is 1.59. The lowest BCUT2D eigenvalue weighted by Gasteiger charge is -2.14. The smallest absolute Gasteiger partial charge is 0.129 e. The summed E-state index contributed by atoms with van der Waals surface area (Å²) in [5, 5.41) is 12.4. The van der Waals surface area contributed by atoms with Gasteiger partial charge in [-0.3, -0.25) is 0 Å². The predicted octanol–water partition coefficient (Wildman–Crippen LogP) is 3.54. The Hall–Kier alpha value is -1.04. The van der Waals surface area contributed by atoms with Gasteiger partial charge in [-0.2, -0.15) is 0 Å². The number of benzene rings is 1. The summed E-state index contributed by atoms with van der Waals surface area (Å²) in [6.45, 7) is 0.680. The molecule has 1 N–H and O–H groups in total. The summed E-state index contributed by atoms with van der Waals surface area (Å²) in [5.41, 5.74) is 1.96. The fraction of sp³-hybridized carbons (Fsp3) is 0.286. The number of hydrogen-bond acceptors (Lipinski definition) is 4. The summed E-state index contributed by atoms with van der Waals surface area (Å²) in [7, 11) is 1.62. The first kappa shape index (κ1) is 13.0. The van der Waals surface area contributed by atoms with Crippen LogP contribution in [0.15, 0.2) is 28.1 Å². The molecule has 1 aliphatic heterocycles. The van der Waals surface area contributed by atoms with E-state index >= 15 is 0 Å². The number of hydrogen-bond donors (Lipinski definition) is 1. The molecule has 0 amide bonds. The Morgan fingerprint density at radius 2 is 2.26 bits per heavy atom. The van der Waals surface area contributed by atoms with Crippen molar-refractivity contribution in [1.29, 1.82) is 0 Å². The maximum Gasteiger partial charge on any atom is 0.129 e. The minimum Gasteiger partial charge on any atom is -0.496 e. The van der Waals surface area contributed by atoms with Gasteiger partial charge in [-0.25, -0.2) is 0 Å². The number of fused-ring (bicyclic) bond motifs is 1. The van der Waals surface area contributed by atoms with Gasteiger partial charge in [0.05, 0.1) is 13.7 Å². The van der Waals surface area contributed by atoms with Crippen molar-refractivity contribution in [3.05, 3.63) is 44.1 Å². The second-order valence-electron chi connectivity index (χ2n) is 4.37. The van der Waals surface area contributed by atoms with E-state index in [2.05, 4.69) is 15.9 Å². The van der Waals surface area contributed by atoms with Crippen molar-refractivity contribution in [3.8, 4) is 11.5 Å². The van der Waals surface area contributed by atoms with Crippen molar-refractivity contribution in [3.63, 3.8) is 0 Å². The Kier molecular flexibility index (Phi) is 3.52. The molecule has 1 atom stereocenters. The van der Waals surface area contributed by atoms with Gasteiger partial charge >= 0.3 is 0 Å². The van der Waals surface area contributed by atoms with Gasteiger partial charge in [0, 0.05) is 26.7 Å². The molecular weight excluding hydrogens is 328 g/mol. The van der Waals surface area contributed by atoms with Gasteiger partial charge in [0.1, 0.15) is 17.6 Å². The lowest BCUT2D eigenvalue weighted by Crippen LogP contribution is -2.00. The van der Waals surface area contributed by atoms with E-state index in [0.29, 0.717) is 6.61 Å². The van der Waals surface area contributed by atoms with E-state index in [0.717, 1.165) is 38.4 Å². The standard InChI is InChI=1S/C14H13BrO3S/c1-17-10-6-12(19-7-10)13(16)11-5-9(15)4-8-2-3-18-14(8)11/h4-7,13,16H,2-3H2,1H3. The van der Waals surface area contributed by atoms with E-state index in [-0.39, 0.29) is 0 Å². The lowest BCUT2D eigenvalue weighted by molar-refractivity contribution is 0.217. The maximum atomic E-state index is 10.5. The van der Waals surface area contributed by atoms with Gasteiger partial charge in [-0.1, -0.05) is 15.9 Å². The van der Waals surface area contributed by atoms with Crippen molar-refractivity contribution in [2.75, 3.05) is 13.7 Å². The Labute approximate surface area is 123 Å². The first-order chi connectivity index (χ1) is 9.19. The number of methoxy groups -OCH3 is 1. The van der Waals surface area contributed by atoms with Crippen LogP contribution >= 0.6 is 27.3 Å². The van der Waals surface area contributed by atoms with Gasteiger partial charge in [0.25, 0.3) is 0 Å². The van der Waals surface area contributed by atoms with Crippen molar-refractivity contribution < 1.29 is 14.6 Å². The van der Waals surface area contributed by atoms with Crippen LogP contribution in [0.3, 0.4) is 0 Å². The van der Waals surface area contributed by atoms with Crippen LogP contribution in [0.4, 0.5) is 0 Å². The van der Waals surface area contributed by atoms with Crippen molar-refractivity contribution in [1.82, 2.24) is 0 Å². The largest absolute Gasteiger partial charge is 0.496 e. The van der Waals surface area contributed by atoms with E-state index in [1.165, 1.54) is 11.3 Å². The first-order valence-corrected chi connectivity index (χ1v) is 7.62. The van der Waals surface area contributed by atoms with Gasteiger partial charge in [0.2, 0.25) is 0 Å². The summed E-state index contributed by atoms with van der Waals surface area (Å²) in [6, 6.07) is 5.83. The van der Waals surface area contributed by atoms with E-state index in [1.807, 2.05) is 23.6 Å². The average molecular weight is 341 g/mol. The minimum atomic E-state index is -0.682. The Bertz CT molecular complexity index is 609. The van der Waals surface area contributed by atoms with Crippen LogP contribution in [-0.2, 0) is 6.42 Å². The SMILES string of the molecule is COc1csc(C(O)c2cc(Br)cc3c2OCC3)c1. The Morgan fingerprint density at radius 3 is 3.00 bits per heavy atom. The predicted molar refractivity (Wildman–Crippen MR) is 78.3 cm³/mol. The van der Waals surface area contributed by atoms with E-state index < -0.39 is 6.10 Å². The quantitative estimate of drug-likeness (QED) is 0.928. The molecule has 100 valence electrons. The van der Waals surface area contributed by atoms with Crippen LogP contribution in [0, 0.1) is 0 Å². The molecule has 1 aliphatic rings. The summed E-state index contributed by atoms with van der Waals surface area (Å²) in [4.78, 5) is 0.854. The Balaban J connectivity index is 2.02. The highest BCUT2D eigenvalue weighted by molar-refractivity contribution is 9.10.